The number of ether oxygens (including phenoxy) is 1. The summed E-state index contributed by atoms with van der Waals surface area (Å²) in [6.45, 7) is 5.46. The number of nitrogens with one attached hydrogen (secondary N) is 1. The number of Topliss-reactive ketones (excluding diaryl/α,β-unsaturated/α-hetero) is 1. The Labute approximate surface area is 114 Å². The summed E-state index contributed by atoms with van der Waals surface area (Å²) < 4.78 is 5.58. The van der Waals surface area contributed by atoms with Crippen LogP contribution < -0.4 is 5.32 Å². The molecule has 1 N–H and O–H groups in total. The van der Waals surface area contributed by atoms with E-state index in [1.165, 1.54) is 0 Å². The van der Waals surface area contributed by atoms with Crippen molar-refractivity contribution < 1.29 is 14.3 Å². The Bertz CT molecular complexity index is 431. The molecule has 0 radical (unpaired) electrons. The predicted octanol–water partition coefficient (Wildman–Crippen LogP) is 1.84. The van der Waals surface area contributed by atoms with Crippen LogP contribution in [0.1, 0.15) is 40.0 Å². The monoisotopic (exact) mass is 265 g/mol. The average Bonchev–Trinajstić information content (AvgIpc) is 2.61. The number of allylic oxidation sites excluding steroid dienone is 2. The molecule has 19 heavy (non-hydrogen) atoms. The Balaban J connectivity index is 2.35. The summed E-state index contributed by atoms with van der Waals surface area (Å²) in [5.41, 5.74) is -1.75. The van der Waals surface area contributed by atoms with Crippen LogP contribution in [0.2, 0.25) is 0 Å². The zero-order valence-corrected chi connectivity index (χ0v) is 12.2. The number of ketones is 1. The minimum absolute atomic E-state index is 0.0606. The van der Waals surface area contributed by atoms with Gasteiger partial charge in [0.05, 0.1) is 5.92 Å². The van der Waals surface area contributed by atoms with E-state index in [2.05, 4.69) is 11.4 Å². The molecule has 4 nitrogen and oxygen atoms in total. The summed E-state index contributed by atoms with van der Waals surface area (Å²) in [5.74, 6) is -0.497. The Hall–Kier alpha value is -1.16. The van der Waals surface area contributed by atoms with E-state index < -0.39 is 11.1 Å². The van der Waals surface area contributed by atoms with Gasteiger partial charge < -0.3 is 10.1 Å². The Kier molecular flexibility index (Phi) is 3.56. The number of methoxy groups -OCH3 is 1. The first-order valence-electron chi connectivity index (χ1n) is 6.95. The van der Waals surface area contributed by atoms with E-state index in [0.717, 1.165) is 19.3 Å². The van der Waals surface area contributed by atoms with Gasteiger partial charge in [0.25, 0.3) is 0 Å². The lowest BCUT2D eigenvalue weighted by molar-refractivity contribution is -0.140. The van der Waals surface area contributed by atoms with Crippen molar-refractivity contribution in [2.45, 2.75) is 51.2 Å². The highest BCUT2D eigenvalue weighted by Gasteiger charge is 2.62. The average molecular weight is 265 g/mol. The molecular formula is C15H23NO3. The normalized spacial score (nSPS) is 42.2. The van der Waals surface area contributed by atoms with E-state index in [1.807, 2.05) is 19.9 Å². The molecule has 1 aliphatic carbocycles. The van der Waals surface area contributed by atoms with E-state index in [-0.39, 0.29) is 23.5 Å². The van der Waals surface area contributed by atoms with Crippen LogP contribution >= 0.6 is 0 Å². The lowest BCUT2D eigenvalue weighted by Gasteiger charge is -2.41. The lowest BCUT2D eigenvalue weighted by atomic mass is 9.71. The molecule has 106 valence electrons. The van der Waals surface area contributed by atoms with E-state index in [4.69, 9.17) is 4.74 Å². The zero-order chi connectivity index (χ0) is 14.3. The van der Waals surface area contributed by atoms with Crippen molar-refractivity contribution in [1.82, 2.24) is 5.32 Å². The highest BCUT2D eigenvalue weighted by Crippen LogP contribution is 2.41. The van der Waals surface area contributed by atoms with Crippen LogP contribution in [0.3, 0.4) is 0 Å². The fourth-order valence-electron chi connectivity index (χ4n) is 3.25. The summed E-state index contributed by atoms with van der Waals surface area (Å²) >= 11 is 0. The predicted molar refractivity (Wildman–Crippen MR) is 72.6 cm³/mol. The van der Waals surface area contributed by atoms with E-state index in [1.54, 1.807) is 14.0 Å². The summed E-state index contributed by atoms with van der Waals surface area (Å²) in [5, 5.41) is 2.87. The van der Waals surface area contributed by atoms with Crippen LogP contribution in [0.25, 0.3) is 0 Å². The second-order valence-corrected chi connectivity index (χ2v) is 5.98. The van der Waals surface area contributed by atoms with Crippen LogP contribution in [0.4, 0.5) is 0 Å². The minimum Gasteiger partial charge on any atom is -0.375 e. The molecule has 1 saturated heterocycles. The van der Waals surface area contributed by atoms with E-state index in [9.17, 15) is 9.59 Å². The van der Waals surface area contributed by atoms with Gasteiger partial charge >= 0.3 is 0 Å². The van der Waals surface area contributed by atoms with Crippen molar-refractivity contribution >= 4 is 11.7 Å². The molecule has 4 atom stereocenters. The van der Waals surface area contributed by atoms with Crippen LogP contribution in [0.15, 0.2) is 12.2 Å². The molecule has 0 saturated carbocycles. The molecule has 0 aromatic heterocycles. The molecule has 1 amide bonds. The maximum absolute atomic E-state index is 12.8. The first kappa shape index (κ1) is 14.3. The lowest BCUT2D eigenvalue weighted by Crippen LogP contribution is -2.62. The molecule has 1 aliphatic heterocycles. The van der Waals surface area contributed by atoms with Gasteiger partial charge in [-0.05, 0) is 33.1 Å². The fourth-order valence-corrected chi connectivity index (χ4v) is 3.25. The van der Waals surface area contributed by atoms with Gasteiger partial charge in [0.1, 0.15) is 11.1 Å². The third-order valence-electron chi connectivity index (χ3n) is 5.09. The largest absolute Gasteiger partial charge is 0.375 e. The number of carbonyl (C=O) groups excluding carboxylic acids is 2. The van der Waals surface area contributed by atoms with E-state index >= 15 is 0 Å². The van der Waals surface area contributed by atoms with Crippen molar-refractivity contribution in [1.29, 1.82) is 0 Å². The molecule has 1 fully saturated rings. The molecule has 1 heterocycles. The highest BCUT2D eigenvalue weighted by atomic mass is 16.5. The molecule has 4 heteroatoms. The molecule has 2 rings (SSSR count). The number of amides is 1. The third kappa shape index (κ3) is 1.93. The SMILES string of the molecule is CO[C@@]1(C)C(C)C(=O)NC1(C)C(=O)C1C=CCCC1. The smallest absolute Gasteiger partial charge is 0.226 e. The van der Waals surface area contributed by atoms with Gasteiger partial charge in [-0.1, -0.05) is 19.1 Å². The summed E-state index contributed by atoms with van der Waals surface area (Å²) in [6.07, 6.45) is 6.94. The van der Waals surface area contributed by atoms with Crippen LogP contribution in [-0.2, 0) is 14.3 Å². The first-order chi connectivity index (χ1) is 8.87. The molecule has 0 aromatic carbocycles. The van der Waals surface area contributed by atoms with Crippen LogP contribution in [0.5, 0.6) is 0 Å². The van der Waals surface area contributed by atoms with Gasteiger partial charge in [-0.2, -0.15) is 0 Å². The molecular weight excluding hydrogens is 242 g/mol. The Morgan fingerprint density at radius 2 is 2.16 bits per heavy atom. The first-order valence-corrected chi connectivity index (χ1v) is 6.95. The number of hydrogen-bond donors (Lipinski definition) is 1. The van der Waals surface area contributed by atoms with Crippen molar-refractivity contribution in [2.75, 3.05) is 7.11 Å². The summed E-state index contributed by atoms with van der Waals surface area (Å²) in [7, 11) is 1.57. The zero-order valence-electron chi connectivity index (χ0n) is 12.2. The number of rotatable bonds is 3. The molecule has 0 bridgehead atoms. The van der Waals surface area contributed by atoms with Crippen molar-refractivity contribution in [2.24, 2.45) is 11.8 Å². The van der Waals surface area contributed by atoms with Crippen molar-refractivity contribution in [3.05, 3.63) is 12.2 Å². The quantitative estimate of drug-likeness (QED) is 0.792. The Morgan fingerprint density at radius 1 is 1.47 bits per heavy atom. The maximum Gasteiger partial charge on any atom is 0.226 e. The highest BCUT2D eigenvalue weighted by molar-refractivity contribution is 6.00. The van der Waals surface area contributed by atoms with Gasteiger partial charge in [0.2, 0.25) is 5.91 Å². The minimum atomic E-state index is -0.954. The molecule has 0 spiro atoms. The van der Waals surface area contributed by atoms with E-state index in [0.29, 0.717) is 0 Å². The van der Waals surface area contributed by atoms with Gasteiger partial charge in [0, 0.05) is 13.0 Å². The standard InChI is InChI=1S/C15H23NO3/c1-10-13(18)16-14(2,15(10,3)19-4)12(17)11-8-6-5-7-9-11/h6,8,10-11H,5,7,9H2,1-4H3,(H,16,18)/t10?,11?,14?,15-/m0/s1. The third-order valence-corrected chi connectivity index (χ3v) is 5.09. The van der Waals surface area contributed by atoms with Gasteiger partial charge in [-0.25, -0.2) is 0 Å². The molecule has 3 unspecified atom stereocenters. The van der Waals surface area contributed by atoms with Gasteiger partial charge in [-0.3, -0.25) is 9.59 Å². The topological polar surface area (TPSA) is 55.4 Å². The van der Waals surface area contributed by atoms with Crippen LogP contribution in [-0.4, -0.2) is 29.9 Å². The number of hydrogen-bond acceptors (Lipinski definition) is 3. The van der Waals surface area contributed by atoms with Crippen LogP contribution in [0, 0.1) is 11.8 Å². The molecule has 2 aliphatic rings. The fraction of sp³-hybridized carbons (Fsp3) is 0.733. The maximum atomic E-state index is 12.8. The molecule has 0 aromatic rings. The second-order valence-electron chi connectivity index (χ2n) is 5.98. The summed E-state index contributed by atoms with van der Waals surface area (Å²) in [4.78, 5) is 24.8. The van der Waals surface area contributed by atoms with Gasteiger partial charge in [0.15, 0.2) is 5.78 Å². The van der Waals surface area contributed by atoms with Gasteiger partial charge in [-0.15, -0.1) is 0 Å². The second kappa shape index (κ2) is 4.75. The Morgan fingerprint density at radius 3 is 2.68 bits per heavy atom. The van der Waals surface area contributed by atoms with Crippen molar-refractivity contribution in [3.63, 3.8) is 0 Å². The van der Waals surface area contributed by atoms with Crippen molar-refractivity contribution in [3.8, 4) is 0 Å². The number of carbonyl (C=O) groups is 2. The summed E-state index contributed by atoms with van der Waals surface area (Å²) in [6, 6.07) is 0.